The standard InChI is InChI=1S/C13H17NO2/c14-8-11-10-4-2-5-15-12(10)7-9-3-1-6-16-13(9)11/h7H,1-6,8,14H2. The Hall–Kier alpha value is -1.22. The van der Waals surface area contributed by atoms with Crippen LogP contribution in [0.15, 0.2) is 6.07 Å². The van der Waals surface area contributed by atoms with Crippen LogP contribution in [0.3, 0.4) is 0 Å². The van der Waals surface area contributed by atoms with Gasteiger partial charge in [0.15, 0.2) is 0 Å². The van der Waals surface area contributed by atoms with Crippen molar-refractivity contribution in [3.8, 4) is 11.5 Å². The van der Waals surface area contributed by atoms with Gasteiger partial charge in [-0.25, -0.2) is 0 Å². The fourth-order valence-corrected chi connectivity index (χ4v) is 2.64. The van der Waals surface area contributed by atoms with Gasteiger partial charge in [-0.1, -0.05) is 0 Å². The van der Waals surface area contributed by atoms with Crippen LogP contribution in [0.5, 0.6) is 11.5 Å². The van der Waals surface area contributed by atoms with E-state index in [1.54, 1.807) is 0 Å². The summed E-state index contributed by atoms with van der Waals surface area (Å²) in [6.45, 7) is 2.20. The molecule has 2 aliphatic rings. The Morgan fingerprint density at radius 3 is 2.81 bits per heavy atom. The molecule has 3 nitrogen and oxygen atoms in total. The summed E-state index contributed by atoms with van der Waals surface area (Å²) in [5.41, 5.74) is 9.58. The molecular weight excluding hydrogens is 202 g/mol. The van der Waals surface area contributed by atoms with E-state index in [1.807, 2.05) is 0 Å². The molecule has 1 aromatic carbocycles. The molecule has 3 heteroatoms. The van der Waals surface area contributed by atoms with Gasteiger partial charge in [0.25, 0.3) is 0 Å². The Balaban J connectivity index is 2.16. The fourth-order valence-electron chi connectivity index (χ4n) is 2.64. The van der Waals surface area contributed by atoms with Gasteiger partial charge in [-0.3, -0.25) is 0 Å². The van der Waals surface area contributed by atoms with Crippen LogP contribution >= 0.6 is 0 Å². The molecule has 2 aliphatic heterocycles. The summed E-state index contributed by atoms with van der Waals surface area (Å²) in [4.78, 5) is 0. The van der Waals surface area contributed by atoms with E-state index in [0.717, 1.165) is 50.4 Å². The highest BCUT2D eigenvalue weighted by atomic mass is 16.5. The van der Waals surface area contributed by atoms with Crippen LogP contribution in [0, 0.1) is 0 Å². The highest BCUT2D eigenvalue weighted by molar-refractivity contribution is 5.55. The summed E-state index contributed by atoms with van der Waals surface area (Å²) < 4.78 is 11.5. The molecule has 0 amide bonds. The van der Waals surface area contributed by atoms with Crippen molar-refractivity contribution in [2.45, 2.75) is 32.2 Å². The van der Waals surface area contributed by atoms with E-state index in [1.165, 1.54) is 16.7 Å². The third kappa shape index (κ3) is 1.47. The Bertz CT molecular complexity index is 381. The van der Waals surface area contributed by atoms with E-state index >= 15 is 0 Å². The molecule has 0 aliphatic carbocycles. The predicted octanol–water partition coefficient (Wildman–Crippen LogP) is 1.80. The second-order valence-electron chi connectivity index (χ2n) is 4.43. The van der Waals surface area contributed by atoms with Gasteiger partial charge in [0.2, 0.25) is 0 Å². The smallest absolute Gasteiger partial charge is 0.127 e. The average molecular weight is 219 g/mol. The molecule has 0 saturated carbocycles. The van der Waals surface area contributed by atoms with Crippen molar-refractivity contribution in [1.29, 1.82) is 0 Å². The third-order valence-electron chi connectivity index (χ3n) is 3.40. The Kier molecular flexibility index (Phi) is 2.48. The van der Waals surface area contributed by atoms with Gasteiger partial charge in [0.1, 0.15) is 11.5 Å². The molecule has 0 radical (unpaired) electrons. The summed E-state index contributed by atoms with van der Waals surface area (Å²) in [5, 5.41) is 0. The molecule has 0 saturated heterocycles. The predicted molar refractivity (Wildman–Crippen MR) is 62.0 cm³/mol. The van der Waals surface area contributed by atoms with Crippen molar-refractivity contribution in [3.05, 3.63) is 22.8 Å². The van der Waals surface area contributed by atoms with Crippen molar-refractivity contribution in [2.24, 2.45) is 5.73 Å². The number of fused-ring (bicyclic) bond motifs is 2. The first-order valence-electron chi connectivity index (χ1n) is 6.03. The fraction of sp³-hybridized carbons (Fsp3) is 0.538. The lowest BCUT2D eigenvalue weighted by atomic mass is 9.93. The van der Waals surface area contributed by atoms with Gasteiger partial charge in [0, 0.05) is 17.7 Å². The van der Waals surface area contributed by atoms with Gasteiger partial charge in [-0.05, 0) is 37.3 Å². The number of nitrogens with two attached hydrogens (primary N) is 1. The zero-order chi connectivity index (χ0) is 11.0. The Labute approximate surface area is 95.5 Å². The number of benzene rings is 1. The molecule has 16 heavy (non-hydrogen) atoms. The lowest BCUT2D eigenvalue weighted by Crippen LogP contribution is -2.18. The summed E-state index contributed by atoms with van der Waals surface area (Å²) >= 11 is 0. The van der Waals surface area contributed by atoms with Crippen molar-refractivity contribution >= 4 is 0 Å². The first kappa shape index (κ1) is 9.97. The van der Waals surface area contributed by atoms with Crippen LogP contribution in [-0.4, -0.2) is 13.2 Å². The summed E-state index contributed by atoms with van der Waals surface area (Å²) in [7, 11) is 0. The first-order valence-corrected chi connectivity index (χ1v) is 6.03. The SMILES string of the molecule is NCc1c2c(cc3c1OCCC3)OCCC2. The van der Waals surface area contributed by atoms with Crippen LogP contribution in [-0.2, 0) is 19.4 Å². The summed E-state index contributed by atoms with van der Waals surface area (Å²) in [5.74, 6) is 2.08. The topological polar surface area (TPSA) is 44.5 Å². The molecule has 2 heterocycles. The quantitative estimate of drug-likeness (QED) is 0.783. The third-order valence-corrected chi connectivity index (χ3v) is 3.40. The lowest BCUT2D eigenvalue weighted by Gasteiger charge is -2.27. The van der Waals surface area contributed by atoms with Gasteiger partial charge >= 0.3 is 0 Å². The van der Waals surface area contributed by atoms with Crippen LogP contribution in [0.2, 0.25) is 0 Å². The van der Waals surface area contributed by atoms with E-state index in [0.29, 0.717) is 6.54 Å². The molecule has 0 atom stereocenters. The van der Waals surface area contributed by atoms with Gasteiger partial charge in [-0.15, -0.1) is 0 Å². The van der Waals surface area contributed by atoms with Crippen molar-refractivity contribution in [1.82, 2.24) is 0 Å². The maximum absolute atomic E-state index is 5.86. The first-order chi connectivity index (χ1) is 7.90. The molecular formula is C13H17NO2. The molecule has 86 valence electrons. The largest absolute Gasteiger partial charge is 0.493 e. The molecule has 0 spiro atoms. The van der Waals surface area contributed by atoms with Gasteiger partial charge in [0.05, 0.1) is 13.2 Å². The zero-order valence-corrected chi connectivity index (χ0v) is 9.42. The lowest BCUT2D eigenvalue weighted by molar-refractivity contribution is 0.269. The van der Waals surface area contributed by atoms with Crippen molar-refractivity contribution in [2.75, 3.05) is 13.2 Å². The Morgan fingerprint density at radius 2 is 1.94 bits per heavy atom. The normalized spacial score (nSPS) is 18.1. The number of ether oxygens (including phenoxy) is 2. The molecule has 0 aromatic heterocycles. The minimum absolute atomic E-state index is 0.550. The maximum atomic E-state index is 5.86. The number of hydrogen-bond donors (Lipinski definition) is 1. The van der Waals surface area contributed by atoms with E-state index in [-0.39, 0.29) is 0 Å². The Morgan fingerprint density at radius 1 is 1.12 bits per heavy atom. The molecule has 0 fully saturated rings. The molecule has 2 N–H and O–H groups in total. The second-order valence-corrected chi connectivity index (χ2v) is 4.43. The van der Waals surface area contributed by atoms with Gasteiger partial charge < -0.3 is 15.2 Å². The maximum Gasteiger partial charge on any atom is 0.127 e. The van der Waals surface area contributed by atoms with Crippen molar-refractivity contribution < 1.29 is 9.47 Å². The molecule has 3 rings (SSSR count). The summed E-state index contributed by atoms with van der Waals surface area (Å²) in [6, 6.07) is 2.15. The van der Waals surface area contributed by atoms with Crippen LogP contribution in [0.25, 0.3) is 0 Å². The second kappa shape index (κ2) is 3.98. The van der Waals surface area contributed by atoms with Crippen LogP contribution < -0.4 is 15.2 Å². The van der Waals surface area contributed by atoms with E-state index in [4.69, 9.17) is 15.2 Å². The monoisotopic (exact) mass is 219 g/mol. The number of hydrogen-bond acceptors (Lipinski definition) is 3. The van der Waals surface area contributed by atoms with Gasteiger partial charge in [-0.2, -0.15) is 0 Å². The van der Waals surface area contributed by atoms with E-state index < -0.39 is 0 Å². The summed E-state index contributed by atoms with van der Waals surface area (Å²) in [6.07, 6.45) is 4.33. The average Bonchev–Trinajstić information content (AvgIpc) is 2.36. The van der Waals surface area contributed by atoms with E-state index in [9.17, 15) is 0 Å². The molecule has 0 bridgehead atoms. The highest BCUT2D eigenvalue weighted by Gasteiger charge is 2.23. The molecule has 0 unspecified atom stereocenters. The molecule has 1 aromatic rings. The van der Waals surface area contributed by atoms with Crippen LogP contribution in [0.1, 0.15) is 29.5 Å². The van der Waals surface area contributed by atoms with Crippen molar-refractivity contribution in [3.63, 3.8) is 0 Å². The minimum Gasteiger partial charge on any atom is -0.493 e. The van der Waals surface area contributed by atoms with Crippen LogP contribution in [0.4, 0.5) is 0 Å². The highest BCUT2D eigenvalue weighted by Crippen LogP contribution is 2.39. The number of aryl methyl sites for hydroxylation is 1. The minimum atomic E-state index is 0.550. The number of rotatable bonds is 1. The van der Waals surface area contributed by atoms with E-state index in [2.05, 4.69) is 6.07 Å². The zero-order valence-electron chi connectivity index (χ0n) is 9.42.